The van der Waals surface area contributed by atoms with Crippen LogP contribution in [0, 0.1) is 5.41 Å². The Labute approximate surface area is 148 Å². The summed E-state index contributed by atoms with van der Waals surface area (Å²) in [6.45, 7) is 0.201. The highest BCUT2D eigenvalue weighted by molar-refractivity contribution is 9.10. The van der Waals surface area contributed by atoms with Gasteiger partial charge < -0.3 is 9.47 Å². The van der Waals surface area contributed by atoms with Crippen LogP contribution in [-0.2, 0) is 4.79 Å². The number of halogens is 1. The molecule has 0 saturated carbocycles. The molecule has 2 aliphatic heterocycles. The van der Waals surface area contributed by atoms with Crippen molar-refractivity contribution in [1.82, 2.24) is 4.98 Å². The van der Waals surface area contributed by atoms with E-state index >= 15 is 0 Å². The monoisotopic (exact) mass is 408 g/mol. The largest absolute Gasteiger partial charge is 0.454 e. The molecule has 0 bridgehead atoms. The van der Waals surface area contributed by atoms with Crippen molar-refractivity contribution in [2.75, 3.05) is 6.79 Å². The number of rotatable bonds is 2. The predicted octanol–water partition coefficient (Wildman–Crippen LogP) is 4.05. The molecule has 116 valence electrons. The Balaban J connectivity index is 1.70. The molecular formula is C15H9BrN2O3S2. The minimum Gasteiger partial charge on any atom is -0.454 e. The van der Waals surface area contributed by atoms with Gasteiger partial charge in [0.2, 0.25) is 6.79 Å². The van der Waals surface area contributed by atoms with Crippen molar-refractivity contribution in [2.24, 2.45) is 0 Å². The molecule has 0 amide bonds. The maximum absolute atomic E-state index is 12.6. The van der Waals surface area contributed by atoms with Gasteiger partial charge in [-0.15, -0.1) is 11.3 Å². The fourth-order valence-corrected chi connectivity index (χ4v) is 4.61. The smallest absolute Gasteiger partial charge is 0.231 e. The first-order valence-corrected chi connectivity index (χ1v) is 9.13. The lowest BCUT2D eigenvalue weighted by Crippen LogP contribution is -2.11. The number of carbonyl (C=O) groups excluding carboxylic acids is 1. The first kappa shape index (κ1) is 14.9. The lowest BCUT2D eigenvalue weighted by molar-refractivity contribution is -0.114. The van der Waals surface area contributed by atoms with Crippen LogP contribution in [0.25, 0.3) is 6.08 Å². The summed E-state index contributed by atoms with van der Waals surface area (Å²) >= 11 is 6.06. The van der Waals surface area contributed by atoms with E-state index in [2.05, 4.69) is 20.9 Å². The van der Waals surface area contributed by atoms with E-state index in [0.29, 0.717) is 26.5 Å². The van der Waals surface area contributed by atoms with Gasteiger partial charge in [0.1, 0.15) is 10.9 Å². The van der Waals surface area contributed by atoms with Crippen LogP contribution in [0.5, 0.6) is 11.5 Å². The van der Waals surface area contributed by atoms with E-state index in [0.717, 1.165) is 10.0 Å². The third kappa shape index (κ3) is 2.60. The fourth-order valence-electron chi connectivity index (χ4n) is 2.38. The van der Waals surface area contributed by atoms with Crippen LogP contribution >= 0.6 is 39.0 Å². The number of fused-ring (bicyclic) bond motifs is 1. The first-order chi connectivity index (χ1) is 11.1. The zero-order chi connectivity index (χ0) is 16.0. The lowest BCUT2D eigenvalue weighted by atomic mass is 10.0. The molecule has 23 heavy (non-hydrogen) atoms. The van der Waals surface area contributed by atoms with Crippen molar-refractivity contribution in [3.05, 3.63) is 43.7 Å². The molecule has 1 N–H and O–H groups in total. The lowest BCUT2D eigenvalue weighted by Gasteiger charge is -2.03. The third-order valence-electron chi connectivity index (χ3n) is 3.46. The zero-order valence-electron chi connectivity index (χ0n) is 11.5. The highest BCUT2D eigenvalue weighted by Crippen LogP contribution is 2.43. The van der Waals surface area contributed by atoms with Crippen molar-refractivity contribution < 1.29 is 14.3 Å². The highest BCUT2D eigenvalue weighted by atomic mass is 79.9. The SMILES string of the molecule is N=C1S/C(=C\c2cc3c(cc2Br)OCO3)C(=O)[C@H]1c1nccs1. The molecule has 5 nitrogen and oxygen atoms in total. The second-order valence-electron chi connectivity index (χ2n) is 4.87. The predicted molar refractivity (Wildman–Crippen MR) is 93.4 cm³/mol. The van der Waals surface area contributed by atoms with E-state index in [1.165, 1.54) is 23.1 Å². The van der Waals surface area contributed by atoms with E-state index in [1.807, 2.05) is 17.5 Å². The number of allylic oxidation sites excluding steroid dienone is 1. The Hall–Kier alpha value is -1.64. The number of nitrogens with zero attached hydrogens (tertiary/aromatic N) is 1. The number of carbonyl (C=O) groups is 1. The van der Waals surface area contributed by atoms with E-state index in [1.54, 1.807) is 12.3 Å². The number of hydrogen-bond acceptors (Lipinski definition) is 7. The average molecular weight is 409 g/mol. The number of thiazole rings is 1. The molecular weight excluding hydrogens is 400 g/mol. The van der Waals surface area contributed by atoms with Gasteiger partial charge in [-0.2, -0.15) is 0 Å². The molecule has 4 rings (SSSR count). The number of ether oxygens (including phenoxy) is 2. The van der Waals surface area contributed by atoms with Crippen molar-refractivity contribution in [1.29, 1.82) is 5.41 Å². The van der Waals surface area contributed by atoms with Gasteiger partial charge in [-0.1, -0.05) is 27.7 Å². The number of thioether (sulfide) groups is 1. The van der Waals surface area contributed by atoms with Crippen LogP contribution in [0.2, 0.25) is 0 Å². The van der Waals surface area contributed by atoms with E-state index in [9.17, 15) is 4.79 Å². The Kier molecular flexibility index (Phi) is 3.74. The third-order valence-corrected chi connectivity index (χ3v) is 5.99. The van der Waals surface area contributed by atoms with Crippen LogP contribution in [0.15, 0.2) is 33.1 Å². The summed E-state index contributed by atoms with van der Waals surface area (Å²) in [5.41, 5.74) is 0.817. The summed E-state index contributed by atoms with van der Waals surface area (Å²) in [6, 6.07) is 3.65. The molecule has 3 heterocycles. The minimum atomic E-state index is -0.570. The van der Waals surface area contributed by atoms with Gasteiger partial charge in [0.05, 0.1) is 9.95 Å². The van der Waals surface area contributed by atoms with E-state index < -0.39 is 5.92 Å². The number of benzene rings is 1. The van der Waals surface area contributed by atoms with Crippen LogP contribution in [0.4, 0.5) is 0 Å². The minimum absolute atomic E-state index is 0.0838. The molecule has 1 saturated heterocycles. The van der Waals surface area contributed by atoms with Crippen molar-refractivity contribution in [3.8, 4) is 11.5 Å². The quantitative estimate of drug-likeness (QED) is 0.758. The summed E-state index contributed by atoms with van der Waals surface area (Å²) in [5.74, 6) is 0.679. The molecule has 1 aromatic heterocycles. The summed E-state index contributed by atoms with van der Waals surface area (Å²) in [7, 11) is 0. The molecule has 2 aliphatic rings. The number of aromatic nitrogens is 1. The van der Waals surface area contributed by atoms with Gasteiger partial charge in [-0.05, 0) is 23.8 Å². The topological polar surface area (TPSA) is 72.3 Å². The molecule has 1 fully saturated rings. The average Bonchev–Trinajstić information content (AvgIpc) is 3.22. The molecule has 2 aromatic rings. The summed E-state index contributed by atoms with van der Waals surface area (Å²) < 4.78 is 11.5. The van der Waals surface area contributed by atoms with Crippen LogP contribution in [-0.4, -0.2) is 22.6 Å². The molecule has 0 radical (unpaired) electrons. The van der Waals surface area contributed by atoms with Crippen molar-refractivity contribution in [2.45, 2.75) is 5.92 Å². The summed E-state index contributed by atoms with van der Waals surface area (Å²) in [6.07, 6.45) is 3.43. The number of ketones is 1. The van der Waals surface area contributed by atoms with Gasteiger partial charge in [-0.3, -0.25) is 10.2 Å². The number of nitrogens with one attached hydrogen (secondary N) is 1. The molecule has 1 atom stereocenters. The highest BCUT2D eigenvalue weighted by Gasteiger charge is 2.38. The molecule has 0 aliphatic carbocycles. The Morgan fingerprint density at radius 1 is 1.35 bits per heavy atom. The van der Waals surface area contributed by atoms with Gasteiger partial charge in [0, 0.05) is 16.0 Å². The zero-order valence-corrected chi connectivity index (χ0v) is 14.8. The molecule has 0 spiro atoms. The Morgan fingerprint density at radius 3 is 2.87 bits per heavy atom. The summed E-state index contributed by atoms with van der Waals surface area (Å²) in [4.78, 5) is 17.3. The van der Waals surface area contributed by atoms with E-state index in [-0.39, 0.29) is 12.6 Å². The second kappa shape index (κ2) is 5.77. The van der Waals surface area contributed by atoms with Gasteiger partial charge in [0.25, 0.3) is 0 Å². The number of Topliss-reactive ketones (excluding diaryl/α,β-unsaturated/α-hetero) is 1. The number of hydrogen-bond donors (Lipinski definition) is 1. The first-order valence-electron chi connectivity index (χ1n) is 6.64. The normalized spacial score (nSPS) is 21.4. The van der Waals surface area contributed by atoms with Crippen molar-refractivity contribution >= 4 is 55.9 Å². The van der Waals surface area contributed by atoms with E-state index in [4.69, 9.17) is 14.9 Å². The fraction of sp³-hybridized carbons (Fsp3) is 0.133. The standard InChI is InChI=1S/C15H9BrN2O3S2/c16-8-5-10-9(20-6-21-10)3-7(8)4-11-13(19)12(14(17)23-11)15-18-1-2-22-15/h1-5,12,17H,6H2/b11-4-,17-14?/t12-/m1/s1. The van der Waals surface area contributed by atoms with Gasteiger partial charge in [0.15, 0.2) is 17.3 Å². The Morgan fingerprint density at radius 2 is 2.13 bits per heavy atom. The maximum Gasteiger partial charge on any atom is 0.231 e. The van der Waals surface area contributed by atoms with Crippen LogP contribution in [0.1, 0.15) is 16.5 Å². The second-order valence-corrected chi connectivity index (χ2v) is 7.73. The van der Waals surface area contributed by atoms with Crippen molar-refractivity contribution in [3.63, 3.8) is 0 Å². The Bertz CT molecular complexity index is 849. The van der Waals surface area contributed by atoms with Crippen LogP contribution < -0.4 is 9.47 Å². The molecule has 1 aromatic carbocycles. The maximum atomic E-state index is 12.6. The molecule has 8 heteroatoms. The van der Waals surface area contributed by atoms with Crippen LogP contribution in [0.3, 0.4) is 0 Å². The summed E-state index contributed by atoms with van der Waals surface area (Å²) in [5, 5.41) is 10.9. The van der Waals surface area contributed by atoms with Gasteiger partial charge in [-0.25, -0.2) is 4.98 Å². The van der Waals surface area contributed by atoms with Gasteiger partial charge >= 0.3 is 0 Å². The molecule has 0 unspecified atom stereocenters.